The van der Waals surface area contributed by atoms with Crippen molar-refractivity contribution in [1.29, 1.82) is 0 Å². The van der Waals surface area contributed by atoms with E-state index in [0.717, 1.165) is 11.3 Å². The van der Waals surface area contributed by atoms with Gasteiger partial charge in [-0.2, -0.15) is 0 Å². The van der Waals surface area contributed by atoms with Crippen molar-refractivity contribution in [2.24, 2.45) is 0 Å². The largest absolute Gasteiger partial charge is 0.322 e. The van der Waals surface area contributed by atoms with Gasteiger partial charge in [0.15, 0.2) is 0 Å². The Morgan fingerprint density at radius 3 is 2.46 bits per heavy atom. The zero-order valence-electron chi connectivity index (χ0n) is 15.6. The number of rotatable bonds is 5. The van der Waals surface area contributed by atoms with E-state index in [1.807, 2.05) is 44.2 Å². The van der Waals surface area contributed by atoms with Gasteiger partial charge in [0.05, 0.1) is 11.1 Å². The van der Waals surface area contributed by atoms with E-state index in [0.29, 0.717) is 28.4 Å². The van der Waals surface area contributed by atoms with Gasteiger partial charge in [0, 0.05) is 35.3 Å². The van der Waals surface area contributed by atoms with Gasteiger partial charge in [0.2, 0.25) is 0 Å². The summed E-state index contributed by atoms with van der Waals surface area (Å²) in [6.45, 7) is 4.23. The highest BCUT2D eigenvalue weighted by molar-refractivity contribution is 6.31. The summed E-state index contributed by atoms with van der Waals surface area (Å²) in [4.78, 5) is 31.3. The lowest BCUT2D eigenvalue weighted by Crippen LogP contribution is -2.31. The van der Waals surface area contributed by atoms with Gasteiger partial charge in [-0.15, -0.1) is 0 Å². The van der Waals surface area contributed by atoms with Crippen LogP contribution in [0.4, 0.5) is 11.4 Å². The molecule has 1 heterocycles. The lowest BCUT2D eigenvalue weighted by Gasteiger charge is -2.21. The van der Waals surface area contributed by atoms with E-state index in [9.17, 15) is 9.59 Å². The Labute approximate surface area is 169 Å². The molecule has 142 valence electrons. The molecule has 3 rings (SSSR count). The molecule has 0 radical (unpaired) electrons. The summed E-state index contributed by atoms with van der Waals surface area (Å²) in [5.74, 6) is -0.565. The van der Waals surface area contributed by atoms with Crippen molar-refractivity contribution in [3.05, 3.63) is 88.7 Å². The number of carbonyl (C=O) groups excluding carboxylic acids is 2. The van der Waals surface area contributed by atoms with Crippen molar-refractivity contribution in [2.75, 3.05) is 16.8 Å². The Bertz CT molecular complexity index is 1010. The van der Waals surface area contributed by atoms with Crippen LogP contribution in [-0.2, 0) is 0 Å². The first-order valence-electron chi connectivity index (χ1n) is 8.89. The average Bonchev–Trinajstić information content (AvgIpc) is 2.72. The van der Waals surface area contributed by atoms with Crippen LogP contribution in [0.1, 0.15) is 33.2 Å². The molecule has 0 fully saturated rings. The van der Waals surface area contributed by atoms with E-state index in [2.05, 4.69) is 10.3 Å². The number of nitrogens with zero attached hydrogens (tertiary/aromatic N) is 2. The maximum atomic E-state index is 12.9. The molecular formula is C22H20ClN3O2. The molecule has 0 aliphatic heterocycles. The van der Waals surface area contributed by atoms with Gasteiger partial charge in [-0.3, -0.25) is 14.6 Å². The molecule has 0 aliphatic carbocycles. The number of hydrogen-bond donors (Lipinski definition) is 1. The minimum absolute atomic E-state index is 0.213. The molecule has 2 amide bonds. The molecule has 5 nitrogen and oxygen atoms in total. The summed E-state index contributed by atoms with van der Waals surface area (Å²) in [5.41, 5.74) is 2.84. The maximum absolute atomic E-state index is 12.9. The van der Waals surface area contributed by atoms with Crippen LogP contribution in [-0.4, -0.2) is 23.3 Å². The van der Waals surface area contributed by atoms with Crippen molar-refractivity contribution in [3.8, 4) is 0 Å². The van der Waals surface area contributed by atoms with E-state index in [4.69, 9.17) is 11.6 Å². The summed E-state index contributed by atoms with van der Waals surface area (Å²) in [6.07, 6.45) is 2.90. The molecule has 1 N–H and O–H groups in total. The fourth-order valence-corrected chi connectivity index (χ4v) is 3.00. The number of halogens is 1. The Morgan fingerprint density at radius 1 is 1.04 bits per heavy atom. The van der Waals surface area contributed by atoms with Crippen LogP contribution in [0.15, 0.2) is 67.0 Å². The van der Waals surface area contributed by atoms with E-state index < -0.39 is 0 Å². The first-order chi connectivity index (χ1) is 13.5. The predicted octanol–water partition coefficient (Wildman–Crippen LogP) is 4.96. The second-order valence-electron chi connectivity index (χ2n) is 6.21. The summed E-state index contributed by atoms with van der Waals surface area (Å²) in [7, 11) is 0. The summed E-state index contributed by atoms with van der Waals surface area (Å²) >= 11 is 6.11. The van der Waals surface area contributed by atoms with Gasteiger partial charge in [0.25, 0.3) is 11.8 Å². The molecular weight excluding hydrogens is 374 g/mol. The van der Waals surface area contributed by atoms with Crippen LogP contribution in [0.5, 0.6) is 0 Å². The first kappa shape index (κ1) is 19.6. The van der Waals surface area contributed by atoms with Gasteiger partial charge in [-0.05, 0) is 49.7 Å². The highest BCUT2D eigenvalue weighted by Gasteiger charge is 2.18. The maximum Gasteiger partial charge on any atom is 0.259 e. The molecule has 2 aromatic carbocycles. The van der Waals surface area contributed by atoms with Crippen LogP contribution >= 0.6 is 11.6 Å². The number of pyridine rings is 1. The van der Waals surface area contributed by atoms with E-state index in [1.165, 1.54) is 12.4 Å². The van der Waals surface area contributed by atoms with Crippen LogP contribution < -0.4 is 10.2 Å². The highest BCUT2D eigenvalue weighted by Crippen LogP contribution is 2.23. The molecule has 0 saturated heterocycles. The van der Waals surface area contributed by atoms with Crippen LogP contribution in [0.25, 0.3) is 0 Å². The standard InChI is InChI=1S/C22H20ClN3O2/c1-3-26(18-8-5-4-6-9-18)22(28)17-12-16(13-24-14-17)21(27)25-20-11-7-10-19(23)15(20)2/h4-14H,3H2,1-2H3,(H,25,27). The van der Waals surface area contributed by atoms with Crippen molar-refractivity contribution in [2.45, 2.75) is 13.8 Å². The number of anilines is 2. The minimum Gasteiger partial charge on any atom is -0.322 e. The molecule has 0 spiro atoms. The normalized spacial score (nSPS) is 10.4. The third kappa shape index (κ3) is 4.21. The molecule has 6 heteroatoms. The number of aromatic nitrogens is 1. The van der Waals surface area contributed by atoms with Crippen LogP contribution in [0, 0.1) is 6.92 Å². The van der Waals surface area contributed by atoms with E-state index in [1.54, 1.807) is 29.2 Å². The van der Waals surface area contributed by atoms with E-state index in [-0.39, 0.29) is 11.8 Å². The zero-order chi connectivity index (χ0) is 20.1. The Morgan fingerprint density at radius 2 is 1.75 bits per heavy atom. The smallest absolute Gasteiger partial charge is 0.259 e. The number of benzene rings is 2. The Balaban J connectivity index is 1.84. The molecule has 0 saturated carbocycles. The number of amides is 2. The topological polar surface area (TPSA) is 62.3 Å². The van der Waals surface area contributed by atoms with Crippen LogP contribution in [0.3, 0.4) is 0 Å². The average molecular weight is 394 g/mol. The predicted molar refractivity (Wildman–Crippen MR) is 112 cm³/mol. The lowest BCUT2D eigenvalue weighted by atomic mass is 10.1. The zero-order valence-corrected chi connectivity index (χ0v) is 16.4. The highest BCUT2D eigenvalue weighted by atomic mass is 35.5. The molecule has 0 bridgehead atoms. The second kappa shape index (κ2) is 8.67. The SMILES string of the molecule is CCN(C(=O)c1cncc(C(=O)Nc2cccc(Cl)c2C)c1)c1ccccc1. The Kier molecular flexibility index (Phi) is 6.06. The summed E-state index contributed by atoms with van der Waals surface area (Å²) in [5, 5.41) is 3.39. The third-order valence-corrected chi connectivity index (χ3v) is 4.80. The third-order valence-electron chi connectivity index (χ3n) is 4.39. The van der Waals surface area contributed by atoms with Crippen molar-refractivity contribution in [1.82, 2.24) is 4.98 Å². The molecule has 3 aromatic rings. The van der Waals surface area contributed by atoms with Gasteiger partial charge in [-0.1, -0.05) is 35.9 Å². The molecule has 0 unspecified atom stereocenters. The fraction of sp³-hybridized carbons (Fsp3) is 0.136. The van der Waals surface area contributed by atoms with Crippen LogP contribution in [0.2, 0.25) is 5.02 Å². The van der Waals surface area contributed by atoms with Crippen molar-refractivity contribution in [3.63, 3.8) is 0 Å². The van der Waals surface area contributed by atoms with Gasteiger partial charge in [0.1, 0.15) is 0 Å². The molecule has 0 aliphatic rings. The van der Waals surface area contributed by atoms with Crippen molar-refractivity contribution < 1.29 is 9.59 Å². The van der Waals surface area contributed by atoms with Crippen molar-refractivity contribution >= 4 is 34.8 Å². The number of carbonyl (C=O) groups is 2. The number of nitrogens with one attached hydrogen (secondary N) is 1. The quantitative estimate of drug-likeness (QED) is 0.666. The summed E-state index contributed by atoms with van der Waals surface area (Å²) < 4.78 is 0. The Hall–Kier alpha value is -3.18. The first-order valence-corrected chi connectivity index (χ1v) is 9.27. The fourth-order valence-electron chi connectivity index (χ4n) is 2.83. The molecule has 0 atom stereocenters. The number of para-hydroxylation sites is 1. The molecule has 1 aromatic heterocycles. The second-order valence-corrected chi connectivity index (χ2v) is 6.62. The molecule has 28 heavy (non-hydrogen) atoms. The van der Waals surface area contributed by atoms with E-state index >= 15 is 0 Å². The lowest BCUT2D eigenvalue weighted by molar-refractivity contribution is 0.0988. The monoisotopic (exact) mass is 393 g/mol. The van der Waals surface area contributed by atoms with Gasteiger partial charge in [-0.25, -0.2) is 0 Å². The number of hydrogen-bond acceptors (Lipinski definition) is 3. The van der Waals surface area contributed by atoms with Gasteiger partial charge >= 0.3 is 0 Å². The van der Waals surface area contributed by atoms with Gasteiger partial charge < -0.3 is 10.2 Å². The summed E-state index contributed by atoms with van der Waals surface area (Å²) in [6, 6.07) is 16.2. The minimum atomic E-state index is -0.352.